The Bertz CT molecular complexity index is 1330. The molecular formula is C27H18F10O2. The second-order valence-corrected chi connectivity index (χ2v) is 8.05. The second-order valence-electron chi connectivity index (χ2n) is 8.05. The quantitative estimate of drug-likeness (QED) is 0.181. The van der Waals surface area contributed by atoms with E-state index in [4.69, 9.17) is 0 Å². The van der Waals surface area contributed by atoms with Gasteiger partial charge in [0.1, 0.15) is 22.9 Å². The van der Waals surface area contributed by atoms with Crippen molar-refractivity contribution in [2.75, 3.05) is 0 Å². The molecule has 0 aliphatic rings. The summed E-state index contributed by atoms with van der Waals surface area (Å²) < 4.78 is 145. The maximum absolute atomic E-state index is 14.7. The van der Waals surface area contributed by atoms with Crippen LogP contribution < -0.4 is 9.47 Å². The third kappa shape index (κ3) is 7.55. The number of hydrogen-bond acceptors (Lipinski definition) is 2. The van der Waals surface area contributed by atoms with E-state index in [0.29, 0.717) is 24.1 Å². The van der Waals surface area contributed by atoms with Crippen molar-refractivity contribution in [1.29, 1.82) is 0 Å². The average molecular weight is 564 g/mol. The van der Waals surface area contributed by atoms with Gasteiger partial charge >= 0.3 is 12.2 Å². The Morgan fingerprint density at radius 1 is 0.769 bits per heavy atom. The SMILES string of the molecule is C/C=C/CCc1ccc(-c2cc(F)c(C(F)(F)Oc3cc(F)c(OC(F)(F)C=C(F)F)c(F)c3)c(F)c2)cc1. The van der Waals surface area contributed by atoms with Crippen LogP contribution in [0.25, 0.3) is 11.1 Å². The predicted octanol–water partition coefficient (Wildman–Crippen LogP) is 9.30. The van der Waals surface area contributed by atoms with Crippen LogP contribution in [0.1, 0.15) is 24.5 Å². The van der Waals surface area contributed by atoms with E-state index >= 15 is 0 Å². The fraction of sp³-hybridized carbons (Fsp3) is 0.185. The number of rotatable bonds is 10. The van der Waals surface area contributed by atoms with Crippen molar-refractivity contribution >= 4 is 0 Å². The molecule has 0 spiro atoms. The van der Waals surface area contributed by atoms with Gasteiger partial charge in [-0.15, -0.1) is 0 Å². The molecule has 0 unspecified atom stereocenters. The molecule has 0 amide bonds. The maximum Gasteiger partial charge on any atom is 0.432 e. The number of allylic oxidation sites excluding steroid dienone is 2. The van der Waals surface area contributed by atoms with Gasteiger partial charge in [-0.1, -0.05) is 36.4 Å². The van der Waals surface area contributed by atoms with Gasteiger partial charge in [0, 0.05) is 12.1 Å². The number of halogens is 10. The van der Waals surface area contributed by atoms with Gasteiger partial charge in [0.2, 0.25) is 0 Å². The fourth-order valence-electron chi connectivity index (χ4n) is 3.48. The van der Waals surface area contributed by atoms with Crippen molar-refractivity contribution in [2.24, 2.45) is 0 Å². The van der Waals surface area contributed by atoms with E-state index in [0.717, 1.165) is 12.0 Å². The van der Waals surface area contributed by atoms with Gasteiger partial charge in [-0.2, -0.15) is 26.3 Å². The van der Waals surface area contributed by atoms with Crippen molar-refractivity contribution in [2.45, 2.75) is 32.0 Å². The van der Waals surface area contributed by atoms with Crippen LogP contribution in [0.4, 0.5) is 43.9 Å². The molecule has 0 heterocycles. The van der Waals surface area contributed by atoms with Gasteiger partial charge in [0.15, 0.2) is 17.4 Å². The second kappa shape index (κ2) is 11.8. The Morgan fingerprint density at radius 2 is 1.33 bits per heavy atom. The number of benzene rings is 3. The predicted molar refractivity (Wildman–Crippen MR) is 122 cm³/mol. The zero-order chi connectivity index (χ0) is 29.0. The van der Waals surface area contributed by atoms with Gasteiger partial charge in [0.25, 0.3) is 6.08 Å². The molecule has 0 radical (unpaired) electrons. The Labute approximate surface area is 215 Å². The zero-order valence-electron chi connectivity index (χ0n) is 19.9. The van der Waals surface area contributed by atoms with Gasteiger partial charge in [0.05, 0.1) is 6.08 Å². The van der Waals surface area contributed by atoms with E-state index in [1.165, 1.54) is 0 Å². The summed E-state index contributed by atoms with van der Waals surface area (Å²) in [4.78, 5) is 0. The monoisotopic (exact) mass is 564 g/mol. The molecule has 208 valence electrons. The van der Waals surface area contributed by atoms with Crippen LogP contribution in [0.5, 0.6) is 11.5 Å². The van der Waals surface area contributed by atoms with Crippen molar-refractivity contribution in [1.82, 2.24) is 0 Å². The lowest BCUT2D eigenvalue weighted by molar-refractivity contribution is -0.189. The highest BCUT2D eigenvalue weighted by Crippen LogP contribution is 2.39. The topological polar surface area (TPSA) is 18.5 Å². The molecule has 12 heteroatoms. The van der Waals surface area contributed by atoms with Gasteiger partial charge in [-0.05, 0) is 48.6 Å². The molecule has 0 aliphatic heterocycles. The first-order valence-corrected chi connectivity index (χ1v) is 11.1. The van der Waals surface area contributed by atoms with Crippen LogP contribution in [0.3, 0.4) is 0 Å². The van der Waals surface area contributed by atoms with Crippen LogP contribution in [-0.2, 0) is 12.5 Å². The molecule has 0 fully saturated rings. The first-order chi connectivity index (χ1) is 18.2. The normalized spacial score (nSPS) is 12.1. The molecular weight excluding hydrogens is 546 g/mol. The molecule has 39 heavy (non-hydrogen) atoms. The summed E-state index contributed by atoms with van der Waals surface area (Å²) in [5, 5.41) is 0. The summed E-state index contributed by atoms with van der Waals surface area (Å²) in [7, 11) is 0. The first-order valence-electron chi connectivity index (χ1n) is 11.1. The summed E-state index contributed by atoms with van der Waals surface area (Å²) in [6, 6.07) is 7.62. The molecule has 3 aromatic rings. The van der Waals surface area contributed by atoms with E-state index in [1.54, 1.807) is 24.3 Å². The summed E-state index contributed by atoms with van der Waals surface area (Å²) in [6.07, 6.45) is -8.32. The lowest BCUT2D eigenvalue weighted by Gasteiger charge is -2.21. The van der Waals surface area contributed by atoms with Crippen LogP contribution >= 0.6 is 0 Å². The number of alkyl halides is 4. The van der Waals surface area contributed by atoms with Gasteiger partial charge < -0.3 is 9.47 Å². The largest absolute Gasteiger partial charge is 0.432 e. The summed E-state index contributed by atoms with van der Waals surface area (Å²) >= 11 is 0. The Morgan fingerprint density at radius 3 is 1.85 bits per heavy atom. The number of ether oxygens (including phenoxy) is 2. The molecule has 0 bridgehead atoms. The van der Waals surface area contributed by atoms with Crippen molar-refractivity contribution in [3.63, 3.8) is 0 Å². The van der Waals surface area contributed by atoms with Crippen molar-refractivity contribution in [3.05, 3.63) is 107 Å². The molecule has 2 nitrogen and oxygen atoms in total. The van der Waals surface area contributed by atoms with Crippen LogP contribution in [0.2, 0.25) is 0 Å². The molecule has 0 atom stereocenters. The molecule has 3 aromatic carbocycles. The first kappa shape index (κ1) is 29.6. The van der Waals surface area contributed by atoms with Crippen LogP contribution in [0, 0.1) is 23.3 Å². The third-order valence-corrected chi connectivity index (χ3v) is 5.19. The summed E-state index contributed by atoms with van der Waals surface area (Å²) in [5.41, 5.74) is -0.717. The molecule has 3 rings (SSSR count). The standard InChI is InChI=1S/C27H18F10O2/c1-2-3-4-5-15-6-8-16(9-7-15)17-10-19(28)24(20(29)11-17)27(36,37)38-18-12-21(30)25(22(31)13-18)39-26(34,35)14-23(32)33/h2-3,6-14H,4-5H2,1H3/b3-2+. The van der Waals surface area contributed by atoms with E-state index in [9.17, 15) is 43.9 Å². The Hall–Kier alpha value is -3.96. The van der Waals surface area contributed by atoms with E-state index < -0.39 is 64.7 Å². The average Bonchev–Trinajstić information content (AvgIpc) is 2.80. The van der Waals surface area contributed by atoms with E-state index in [1.807, 2.05) is 19.1 Å². The molecule has 0 saturated heterocycles. The highest BCUT2D eigenvalue weighted by Gasteiger charge is 2.42. The number of aryl methyl sites for hydroxylation is 1. The van der Waals surface area contributed by atoms with Crippen LogP contribution in [0.15, 0.2) is 72.8 Å². The van der Waals surface area contributed by atoms with E-state index in [-0.39, 0.29) is 17.7 Å². The molecule has 0 saturated carbocycles. The minimum atomic E-state index is -4.85. The minimum absolute atomic E-state index is 0.0556. The van der Waals surface area contributed by atoms with Gasteiger partial charge in [-0.25, -0.2) is 17.6 Å². The smallest absolute Gasteiger partial charge is 0.429 e. The summed E-state index contributed by atoms with van der Waals surface area (Å²) in [5.74, 6) is -10.8. The van der Waals surface area contributed by atoms with Crippen molar-refractivity contribution in [3.8, 4) is 22.6 Å². The highest BCUT2D eigenvalue weighted by atomic mass is 19.3. The highest BCUT2D eigenvalue weighted by molar-refractivity contribution is 5.64. The van der Waals surface area contributed by atoms with Crippen LogP contribution in [-0.4, -0.2) is 6.11 Å². The molecule has 0 N–H and O–H groups in total. The maximum atomic E-state index is 14.7. The lowest BCUT2D eigenvalue weighted by atomic mass is 10.00. The Kier molecular flexibility index (Phi) is 8.98. The van der Waals surface area contributed by atoms with Crippen molar-refractivity contribution < 1.29 is 53.4 Å². The lowest BCUT2D eigenvalue weighted by Crippen LogP contribution is -2.26. The zero-order valence-corrected chi connectivity index (χ0v) is 19.9. The van der Waals surface area contributed by atoms with Gasteiger partial charge in [-0.3, -0.25) is 0 Å². The fourth-order valence-corrected chi connectivity index (χ4v) is 3.48. The van der Waals surface area contributed by atoms with E-state index in [2.05, 4.69) is 9.47 Å². The molecule has 0 aromatic heterocycles. The number of hydrogen-bond donors (Lipinski definition) is 0. The molecule has 0 aliphatic carbocycles. The minimum Gasteiger partial charge on any atom is -0.429 e. The summed E-state index contributed by atoms with van der Waals surface area (Å²) in [6.45, 7) is 1.87. The third-order valence-electron chi connectivity index (χ3n) is 5.19. The Balaban J connectivity index is 1.85.